The van der Waals surface area contributed by atoms with Gasteiger partial charge in [-0.05, 0) is 44.2 Å². The summed E-state index contributed by atoms with van der Waals surface area (Å²) >= 11 is 0. The molecule has 0 saturated heterocycles. The number of hydrogen-bond acceptors (Lipinski definition) is 4. The number of ether oxygens (including phenoxy) is 1. The summed E-state index contributed by atoms with van der Waals surface area (Å²) < 4.78 is 33.1. The van der Waals surface area contributed by atoms with Gasteiger partial charge in [0.15, 0.2) is 0 Å². The quantitative estimate of drug-likeness (QED) is 0.660. The predicted molar refractivity (Wildman–Crippen MR) is 86.1 cm³/mol. The topological polar surface area (TPSA) is 72.5 Å². The van der Waals surface area contributed by atoms with Gasteiger partial charge >= 0.3 is 5.97 Å². The average Bonchev–Trinajstić information content (AvgIpc) is 3.08. The molecule has 124 valence electrons. The monoisotopic (exact) mass is 335 g/mol. The molecule has 6 heteroatoms. The van der Waals surface area contributed by atoms with Crippen molar-refractivity contribution < 1.29 is 17.9 Å². The fourth-order valence-electron chi connectivity index (χ4n) is 3.51. The van der Waals surface area contributed by atoms with Gasteiger partial charge in [0.1, 0.15) is 0 Å². The summed E-state index contributed by atoms with van der Waals surface area (Å²) in [4.78, 5) is 12.4. The lowest BCUT2D eigenvalue weighted by Gasteiger charge is -2.27. The summed E-state index contributed by atoms with van der Waals surface area (Å²) in [5.74, 6) is -0.648. The smallest absolute Gasteiger partial charge is 0.311 e. The van der Waals surface area contributed by atoms with Gasteiger partial charge in [0, 0.05) is 6.04 Å². The largest absolute Gasteiger partial charge is 0.466 e. The molecule has 1 saturated carbocycles. The number of hydrogen-bond donors (Lipinski definition) is 1. The number of allylic oxidation sites excluding steroid dienone is 1. The summed E-state index contributed by atoms with van der Waals surface area (Å²) in [5, 5.41) is 0. The fourth-order valence-corrected chi connectivity index (χ4v) is 4.82. The molecule has 23 heavy (non-hydrogen) atoms. The number of carbonyl (C=O) groups excluding carboxylic acids is 1. The number of nitrogens with one attached hydrogen (secondary N) is 1. The highest BCUT2D eigenvalue weighted by Gasteiger charge is 2.50. The Hall–Kier alpha value is -1.66. The van der Waals surface area contributed by atoms with Gasteiger partial charge in [0.05, 0.1) is 17.4 Å². The number of sulfonamides is 1. The summed E-state index contributed by atoms with van der Waals surface area (Å²) in [5.41, 5.74) is 0.996. The Bertz CT molecular complexity index is 723. The van der Waals surface area contributed by atoms with Crippen LogP contribution in [-0.2, 0) is 19.6 Å². The Morgan fingerprint density at radius 1 is 1.22 bits per heavy atom. The van der Waals surface area contributed by atoms with Gasteiger partial charge in [-0.25, -0.2) is 13.1 Å². The van der Waals surface area contributed by atoms with Crippen LogP contribution in [0.25, 0.3) is 0 Å². The Labute approximate surface area is 136 Å². The molecule has 1 aromatic carbocycles. The van der Waals surface area contributed by atoms with E-state index in [1.807, 2.05) is 19.1 Å². The van der Waals surface area contributed by atoms with E-state index in [0.29, 0.717) is 6.61 Å². The molecule has 0 radical (unpaired) electrons. The van der Waals surface area contributed by atoms with Crippen molar-refractivity contribution in [1.82, 2.24) is 4.72 Å². The van der Waals surface area contributed by atoms with Gasteiger partial charge in [-0.1, -0.05) is 29.8 Å². The van der Waals surface area contributed by atoms with E-state index in [1.54, 1.807) is 31.2 Å². The minimum absolute atomic E-state index is 0.0506. The Balaban J connectivity index is 1.84. The first-order chi connectivity index (χ1) is 10.9. The molecular weight excluding hydrogens is 314 g/mol. The molecule has 4 unspecified atom stereocenters. The first-order valence-electron chi connectivity index (χ1n) is 7.86. The van der Waals surface area contributed by atoms with Crippen LogP contribution in [0.5, 0.6) is 0 Å². The van der Waals surface area contributed by atoms with Crippen molar-refractivity contribution in [2.24, 2.45) is 17.8 Å². The van der Waals surface area contributed by atoms with Crippen LogP contribution in [0.1, 0.15) is 18.9 Å². The molecule has 1 aromatic rings. The van der Waals surface area contributed by atoms with E-state index >= 15 is 0 Å². The van der Waals surface area contributed by atoms with E-state index in [2.05, 4.69) is 4.72 Å². The second-order valence-electron chi connectivity index (χ2n) is 6.19. The minimum atomic E-state index is -3.66. The van der Waals surface area contributed by atoms with E-state index in [1.165, 1.54) is 0 Å². The molecule has 4 atom stereocenters. The SMILES string of the molecule is CCOC(=O)C1C2C=CC(C2)C1NS(=O)(=O)c1ccc(C)cc1. The van der Waals surface area contributed by atoms with Crippen LogP contribution in [-0.4, -0.2) is 27.0 Å². The molecule has 0 aliphatic heterocycles. The molecule has 1 fully saturated rings. The number of aryl methyl sites for hydroxylation is 1. The molecule has 0 spiro atoms. The molecule has 2 aliphatic carbocycles. The van der Waals surface area contributed by atoms with E-state index in [4.69, 9.17) is 4.74 Å². The standard InChI is InChI=1S/C17H21NO4S/c1-3-22-17(19)15-12-6-7-13(10-12)16(15)18-23(20,21)14-8-4-11(2)5-9-14/h4-9,12-13,15-16,18H,3,10H2,1-2H3. The van der Waals surface area contributed by atoms with Crippen molar-refractivity contribution in [3.63, 3.8) is 0 Å². The van der Waals surface area contributed by atoms with E-state index < -0.39 is 22.0 Å². The molecule has 0 aromatic heterocycles. The Morgan fingerprint density at radius 3 is 2.52 bits per heavy atom. The lowest BCUT2D eigenvalue weighted by molar-refractivity contribution is -0.149. The van der Waals surface area contributed by atoms with Crippen molar-refractivity contribution in [1.29, 1.82) is 0 Å². The molecule has 1 N–H and O–H groups in total. The van der Waals surface area contributed by atoms with Crippen molar-refractivity contribution in [3.05, 3.63) is 42.0 Å². The number of benzene rings is 1. The summed E-state index contributed by atoms with van der Waals surface area (Å²) in [7, 11) is -3.66. The zero-order valence-corrected chi connectivity index (χ0v) is 14.0. The van der Waals surface area contributed by atoms with Gasteiger partial charge in [0.2, 0.25) is 10.0 Å². The van der Waals surface area contributed by atoms with Crippen LogP contribution in [0.3, 0.4) is 0 Å². The summed E-state index contributed by atoms with van der Waals surface area (Å²) in [6.07, 6.45) is 4.80. The van der Waals surface area contributed by atoms with Gasteiger partial charge in [-0.3, -0.25) is 4.79 Å². The van der Waals surface area contributed by atoms with Gasteiger partial charge in [-0.2, -0.15) is 0 Å². The highest BCUT2D eigenvalue weighted by molar-refractivity contribution is 7.89. The van der Waals surface area contributed by atoms with Crippen molar-refractivity contribution >= 4 is 16.0 Å². The number of carbonyl (C=O) groups is 1. The maximum atomic E-state index is 12.6. The van der Waals surface area contributed by atoms with Gasteiger partial charge < -0.3 is 4.74 Å². The third-order valence-corrected chi connectivity index (χ3v) is 6.12. The molecule has 2 bridgehead atoms. The van der Waals surface area contributed by atoms with E-state index in [0.717, 1.165) is 12.0 Å². The second-order valence-corrected chi connectivity index (χ2v) is 7.90. The number of esters is 1. The highest BCUT2D eigenvalue weighted by Crippen LogP contribution is 2.44. The molecule has 0 amide bonds. The third kappa shape index (κ3) is 3.05. The summed E-state index contributed by atoms with van der Waals surface area (Å²) in [6, 6.07) is 6.26. The third-order valence-electron chi connectivity index (χ3n) is 4.64. The van der Waals surface area contributed by atoms with Gasteiger partial charge in [0.25, 0.3) is 0 Å². The van der Waals surface area contributed by atoms with Crippen LogP contribution in [0, 0.1) is 24.7 Å². The molecule has 2 aliphatic rings. The molecule has 5 nitrogen and oxygen atoms in total. The average molecular weight is 335 g/mol. The maximum Gasteiger partial charge on any atom is 0.311 e. The lowest BCUT2D eigenvalue weighted by atomic mass is 9.89. The Morgan fingerprint density at radius 2 is 1.87 bits per heavy atom. The van der Waals surface area contributed by atoms with Crippen molar-refractivity contribution in [2.75, 3.05) is 6.61 Å². The normalized spacial score (nSPS) is 29.0. The van der Waals surface area contributed by atoms with Crippen LogP contribution in [0.2, 0.25) is 0 Å². The molecule has 0 heterocycles. The molecular formula is C17H21NO4S. The molecule has 3 rings (SSSR count). The zero-order chi connectivity index (χ0) is 16.6. The van der Waals surface area contributed by atoms with Crippen LogP contribution >= 0.6 is 0 Å². The Kier molecular flexibility index (Phi) is 4.29. The summed E-state index contributed by atoms with van der Waals surface area (Å²) in [6.45, 7) is 3.96. The fraction of sp³-hybridized carbons (Fsp3) is 0.471. The van der Waals surface area contributed by atoms with Crippen LogP contribution < -0.4 is 4.72 Å². The van der Waals surface area contributed by atoms with Crippen molar-refractivity contribution in [3.8, 4) is 0 Å². The maximum absolute atomic E-state index is 12.6. The van der Waals surface area contributed by atoms with Crippen LogP contribution in [0.4, 0.5) is 0 Å². The van der Waals surface area contributed by atoms with Crippen LogP contribution in [0.15, 0.2) is 41.3 Å². The van der Waals surface area contributed by atoms with E-state index in [-0.39, 0.29) is 22.7 Å². The number of fused-ring (bicyclic) bond motifs is 2. The number of rotatable bonds is 5. The van der Waals surface area contributed by atoms with E-state index in [9.17, 15) is 13.2 Å². The first-order valence-corrected chi connectivity index (χ1v) is 9.34. The lowest BCUT2D eigenvalue weighted by Crippen LogP contribution is -2.46. The minimum Gasteiger partial charge on any atom is -0.466 e. The van der Waals surface area contributed by atoms with Gasteiger partial charge in [-0.15, -0.1) is 0 Å². The first kappa shape index (κ1) is 16.2. The van der Waals surface area contributed by atoms with Crippen molar-refractivity contribution in [2.45, 2.75) is 31.2 Å². The second kappa shape index (κ2) is 6.09. The zero-order valence-electron chi connectivity index (χ0n) is 13.2. The predicted octanol–water partition coefficient (Wildman–Crippen LogP) is 2.03. The highest BCUT2D eigenvalue weighted by atomic mass is 32.2.